The highest BCUT2D eigenvalue weighted by Gasteiger charge is 2.33. The van der Waals surface area contributed by atoms with Gasteiger partial charge in [0.05, 0.1) is 11.6 Å². The lowest BCUT2D eigenvalue weighted by molar-refractivity contribution is 0.0735. The standard InChI is InChI=1S/C25H27N7O2S/c1-15-14-35-22(28-15)19-9-6-10-32(19)23(33)17-11-18(29-20(26)12-17)21-30-31-24(34-21)25(2,27)13-16-7-4-3-5-8-16/h3-5,7-8,11-12,14,19H,6,9-10,13,27H2,1-2H3,(H2,26,29)/t19-,25?/m1/s1. The topological polar surface area (TPSA) is 137 Å². The number of nitrogens with two attached hydrogens (primary N) is 2. The van der Waals surface area contributed by atoms with Gasteiger partial charge in [0.1, 0.15) is 16.5 Å². The Morgan fingerprint density at radius 2 is 2.03 bits per heavy atom. The van der Waals surface area contributed by atoms with Gasteiger partial charge in [-0.05, 0) is 50.8 Å². The number of aryl methyl sites for hydroxylation is 1. The van der Waals surface area contributed by atoms with E-state index in [9.17, 15) is 4.79 Å². The van der Waals surface area contributed by atoms with Crippen molar-refractivity contribution in [2.24, 2.45) is 5.73 Å². The summed E-state index contributed by atoms with van der Waals surface area (Å²) in [7, 11) is 0. The molecule has 4 aromatic rings. The molecule has 4 N–H and O–H groups in total. The quantitative estimate of drug-likeness (QED) is 0.416. The highest BCUT2D eigenvalue weighted by atomic mass is 32.1. The summed E-state index contributed by atoms with van der Waals surface area (Å²) < 4.78 is 5.92. The number of carbonyl (C=O) groups excluding carboxylic acids is 1. The number of carbonyl (C=O) groups is 1. The van der Waals surface area contributed by atoms with Gasteiger partial charge >= 0.3 is 0 Å². The number of likely N-dealkylation sites (tertiary alicyclic amines) is 1. The molecule has 180 valence electrons. The lowest BCUT2D eigenvalue weighted by Crippen LogP contribution is -2.35. The molecule has 1 unspecified atom stereocenters. The molecule has 3 aromatic heterocycles. The van der Waals surface area contributed by atoms with Crippen molar-refractivity contribution in [3.05, 3.63) is 75.6 Å². The molecule has 10 heteroatoms. The predicted octanol–water partition coefficient (Wildman–Crippen LogP) is 3.87. The Balaban J connectivity index is 1.40. The second-order valence-electron chi connectivity index (χ2n) is 9.14. The number of aromatic nitrogens is 4. The number of hydrogen-bond donors (Lipinski definition) is 2. The molecule has 2 atom stereocenters. The van der Waals surface area contributed by atoms with E-state index in [4.69, 9.17) is 15.9 Å². The maximum Gasteiger partial charge on any atom is 0.266 e. The predicted molar refractivity (Wildman–Crippen MR) is 133 cm³/mol. The minimum absolute atomic E-state index is 0.0371. The molecule has 1 saturated heterocycles. The zero-order chi connectivity index (χ0) is 24.6. The molecule has 9 nitrogen and oxygen atoms in total. The van der Waals surface area contributed by atoms with Gasteiger partial charge in [-0.2, -0.15) is 0 Å². The first-order valence-electron chi connectivity index (χ1n) is 11.5. The van der Waals surface area contributed by atoms with E-state index in [1.807, 2.05) is 54.5 Å². The Kier molecular flexibility index (Phi) is 6.08. The van der Waals surface area contributed by atoms with Crippen LogP contribution in [0.2, 0.25) is 0 Å². The van der Waals surface area contributed by atoms with Crippen molar-refractivity contribution in [2.45, 2.75) is 44.7 Å². The summed E-state index contributed by atoms with van der Waals surface area (Å²) in [5.74, 6) is 0.529. The highest BCUT2D eigenvalue weighted by Crippen LogP contribution is 2.35. The molecule has 5 rings (SSSR count). The third-order valence-electron chi connectivity index (χ3n) is 6.07. The van der Waals surface area contributed by atoms with Crippen molar-refractivity contribution in [1.29, 1.82) is 0 Å². The van der Waals surface area contributed by atoms with E-state index in [0.717, 1.165) is 29.1 Å². The summed E-state index contributed by atoms with van der Waals surface area (Å²) in [4.78, 5) is 24.3. The first-order valence-corrected chi connectivity index (χ1v) is 12.4. The summed E-state index contributed by atoms with van der Waals surface area (Å²) in [6.07, 6.45) is 2.33. The zero-order valence-electron chi connectivity index (χ0n) is 19.6. The normalized spacial score (nSPS) is 17.5. The largest absolute Gasteiger partial charge is 0.417 e. The summed E-state index contributed by atoms with van der Waals surface area (Å²) in [6, 6.07) is 13.1. The number of hydrogen-bond acceptors (Lipinski definition) is 9. The van der Waals surface area contributed by atoms with Crippen LogP contribution in [0.5, 0.6) is 0 Å². The van der Waals surface area contributed by atoms with Gasteiger partial charge in [0.25, 0.3) is 11.8 Å². The highest BCUT2D eigenvalue weighted by molar-refractivity contribution is 7.09. The van der Waals surface area contributed by atoms with Crippen LogP contribution < -0.4 is 11.5 Å². The summed E-state index contributed by atoms with van der Waals surface area (Å²) in [5.41, 5.74) is 14.5. The van der Waals surface area contributed by atoms with Gasteiger partial charge in [0, 0.05) is 23.2 Å². The molecule has 0 spiro atoms. The smallest absolute Gasteiger partial charge is 0.266 e. The van der Waals surface area contributed by atoms with Crippen LogP contribution in [-0.4, -0.2) is 37.5 Å². The molecule has 0 bridgehead atoms. The Morgan fingerprint density at radius 3 is 2.77 bits per heavy atom. The first-order chi connectivity index (χ1) is 16.8. The van der Waals surface area contributed by atoms with Gasteiger partial charge in [-0.3, -0.25) is 4.79 Å². The number of anilines is 1. The number of pyridine rings is 1. The van der Waals surface area contributed by atoms with Gasteiger partial charge in [-0.15, -0.1) is 21.5 Å². The summed E-state index contributed by atoms with van der Waals surface area (Å²) in [5, 5.41) is 11.3. The fourth-order valence-electron chi connectivity index (χ4n) is 4.40. The third-order valence-corrected chi connectivity index (χ3v) is 7.14. The van der Waals surface area contributed by atoms with Gasteiger partial charge < -0.3 is 20.8 Å². The Bertz CT molecular complexity index is 1350. The van der Waals surface area contributed by atoms with E-state index in [-0.39, 0.29) is 29.5 Å². The van der Waals surface area contributed by atoms with Crippen molar-refractivity contribution in [1.82, 2.24) is 25.1 Å². The monoisotopic (exact) mass is 489 g/mol. The van der Waals surface area contributed by atoms with Crippen LogP contribution in [0.15, 0.2) is 52.3 Å². The molecule has 0 saturated carbocycles. The molecule has 1 amide bonds. The summed E-state index contributed by atoms with van der Waals surface area (Å²) in [6.45, 7) is 4.46. The number of benzene rings is 1. The molecular weight excluding hydrogens is 462 g/mol. The molecule has 0 radical (unpaired) electrons. The molecule has 4 heterocycles. The average molecular weight is 490 g/mol. The maximum atomic E-state index is 13.5. The number of thiazole rings is 1. The van der Waals surface area contributed by atoms with E-state index in [2.05, 4.69) is 20.2 Å². The van der Waals surface area contributed by atoms with Crippen LogP contribution >= 0.6 is 11.3 Å². The minimum Gasteiger partial charge on any atom is -0.417 e. The van der Waals surface area contributed by atoms with Crippen LogP contribution in [0.4, 0.5) is 5.82 Å². The third kappa shape index (κ3) is 4.80. The van der Waals surface area contributed by atoms with Gasteiger partial charge in [0.15, 0.2) is 0 Å². The molecule has 0 aliphatic carbocycles. The van der Waals surface area contributed by atoms with Crippen LogP contribution in [0.25, 0.3) is 11.6 Å². The maximum absolute atomic E-state index is 13.5. The number of nitrogen functional groups attached to an aromatic ring is 1. The second kappa shape index (κ2) is 9.20. The van der Waals surface area contributed by atoms with E-state index in [1.165, 1.54) is 0 Å². The molecular formula is C25H27N7O2S. The van der Waals surface area contributed by atoms with E-state index < -0.39 is 5.54 Å². The Hall–Kier alpha value is -3.63. The molecule has 1 aliphatic heterocycles. The fraction of sp³-hybridized carbons (Fsp3) is 0.320. The lowest BCUT2D eigenvalue weighted by atomic mass is 9.94. The Labute approximate surface area is 207 Å². The van der Waals surface area contributed by atoms with Gasteiger partial charge in [-0.25, -0.2) is 9.97 Å². The van der Waals surface area contributed by atoms with Crippen molar-refractivity contribution in [3.63, 3.8) is 0 Å². The minimum atomic E-state index is -0.875. The van der Waals surface area contributed by atoms with Crippen LogP contribution in [0.3, 0.4) is 0 Å². The fourth-order valence-corrected chi connectivity index (χ4v) is 5.34. The van der Waals surface area contributed by atoms with Crippen LogP contribution in [0.1, 0.15) is 58.3 Å². The number of rotatable bonds is 6. The molecule has 1 aromatic carbocycles. The first kappa shape index (κ1) is 23.1. The van der Waals surface area contributed by atoms with Crippen LogP contribution in [0, 0.1) is 6.92 Å². The SMILES string of the molecule is Cc1csc([C@H]2CCCN2C(=O)c2cc(N)nc(-c3nnc(C(C)(N)Cc4ccccc4)o3)c2)n1. The van der Waals surface area contributed by atoms with Gasteiger partial charge in [-0.1, -0.05) is 30.3 Å². The summed E-state index contributed by atoms with van der Waals surface area (Å²) >= 11 is 1.58. The van der Waals surface area contributed by atoms with E-state index in [0.29, 0.717) is 24.2 Å². The lowest BCUT2D eigenvalue weighted by Gasteiger charge is -2.23. The molecule has 1 fully saturated rings. The Morgan fingerprint density at radius 1 is 1.23 bits per heavy atom. The van der Waals surface area contributed by atoms with Crippen molar-refractivity contribution < 1.29 is 9.21 Å². The molecule has 1 aliphatic rings. The van der Waals surface area contributed by atoms with E-state index in [1.54, 1.807) is 23.5 Å². The average Bonchev–Trinajstić information content (AvgIpc) is 3.59. The van der Waals surface area contributed by atoms with E-state index >= 15 is 0 Å². The van der Waals surface area contributed by atoms with Crippen molar-refractivity contribution >= 4 is 23.1 Å². The number of amides is 1. The second-order valence-corrected chi connectivity index (χ2v) is 10.0. The zero-order valence-corrected chi connectivity index (χ0v) is 20.5. The van der Waals surface area contributed by atoms with Gasteiger partial charge in [0.2, 0.25) is 5.89 Å². The number of nitrogens with zero attached hydrogens (tertiary/aromatic N) is 5. The van der Waals surface area contributed by atoms with Crippen molar-refractivity contribution in [3.8, 4) is 11.6 Å². The van der Waals surface area contributed by atoms with Crippen LogP contribution in [-0.2, 0) is 12.0 Å². The molecule has 35 heavy (non-hydrogen) atoms. The van der Waals surface area contributed by atoms with Crippen molar-refractivity contribution in [2.75, 3.05) is 12.3 Å².